The summed E-state index contributed by atoms with van der Waals surface area (Å²) in [4.78, 5) is 23.4. The van der Waals surface area contributed by atoms with E-state index in [4.69, 9.17) is 11.6 Å². The van der Waals surface area contributed by atoms with Crippen LogP contribution in [0.1, 0.15) is 35.4 Å². The van der Waals surface area contributed by atoms with Crippen molar-refractivity contribution < 1.29 is 19.1 Å². The molecule has 0 radical (unpaired) electrons. The molecule has 0 saturated carbocycles. The van der Waals surface area contributed by atoms with E-state index < -0.39 is 18.1 Å². The lowest BCUT2D eigenvalue weighted by atomic mass is 10.1. The molecule has 30 heavy (non-hydrogen) atoms. The van der Waals surface area contributed by atoms with Gasteiger partial charge in [0.15, 0.2) is 11.5 Å². The first-order valence-corrected chi connectivity index (χ1v) is 9.30. The minimum absolute atomic E-state index is 0.00852. The molecule has 0 aliphatic rings. The van der Waals surface area contributed by atoms with Crippen LogP contribution in [-0.2, 0) is 11.3 Å². The maximum absolute atomic E-state index is 14.2. The lowest BCUT2D eigenvalue weighted by Crippen LogP contribution is -2.31. The Kier molecular flexibility index (Phi) is 8.44. The van der Waals surface area contributed by atoms with Gasteiger partial charge in [0.1, 0.15) is 6.17 Å². The number of amides is 1. The minimum Gasteiger partial charge on any atom is -0.395 e. The highest BCUT2D eigenvalue weighted by Crippen LogP contribution is 2.12. The lowest BCUT2D eigenvalue weighted by Gasteiger charge is -2.16. The van der Waals surface area contributed by atoms with Gasteiger partial charge in [0.05, 0.1) is 31.1 Å². The Hall–Kier alpha value is -3.31. The van der Waals surface area contributed by atoms with Crippen LogP contribution in [0, 0.1) is 0 Å². The summed E-state index contributed by atoms with van der Waals surface area (Å²) in [5.41, 5.74) is 6.22. The van der Waals surface area contributed by atoms with E-state index >= 15 is 0 Å². The molecule has 1 heterocycles. The summed E-state index contributed by atoms with van der Waals surface area (Å²) in [7, 11) is 0. The molecule has 1 aromatic carbocycles. The number of benzene rings is 1. The summed E-state index contributed by atoms with van der Waals surface area (Å²) in [6.07, 6.45) is 1.32. The number of carbonyl (C=O) groups excluding carboxylic acids is 2. The van der Waals surface area contributed by atoms with Crippen molar-refractivity contribution in [3.8, 4) is 0 Å². The molecular formula is C19H26FN7O3. The number of hydrogen-bond donors (Lipinski definition) is 4. The standard InChI is InChI=1S/C19H26FN7O3/c1-13(29)16(21)10-26(22)8-7-15(20)9-27-11-17(24-25-27)19(30)23-18(12-28)14-5-3-2-4-6-14/h2-6,10-11,15,18,28H,7-9,12,21-22H2,1H3,(H,23,30)/b16-10-. The predicted octanol–water partition coefficient (Wildman–Crippen LogP) is 0.0345. The van der Waals surface area contributed by atoms with Crippen molar-refractivity contribution in [1.29, 1.82) is 0 Å². The van der Waals surface area contributed by atoms with Crippen LogP contribution in [-0.4, -0.2) is 56.1 Å². The number of nitrogens with zero attached hydrogens (tertiary/aromatic N) is 4. The van der Waals surface area contributed by atoms with Gasteiger partial charge in [0.2, 0.25) is 0 Å². The highest BCUT2D eigenvalue weighted by Gasteiger charge is 2.18. The number of Topliss-reactive ketones (excluding diaryl/α,β-unsaturated/α-hetero) is 1. The first-order chi connectivity index (χ1) is 14.3. The van der Waals surface area contributed by atoms with E-state index in [1.165, 1.54) is 24.0 Å². The molecule has 1 amide bonds. The Labute approximate surface area is 173 Å². The van der Waals surface area contributed by atoms with Gasteiger partial charge >= 0.3 is 0 Å². The number of rotatable bonds is 11. The number of aliphatic hydroxyl groups excluding tert-OH is 1. The minimum atomic E-state index is -1.31. The van der Waals surface area contributed by atoms with Gasteiger partial charge in [-0.1, -0.05) is 35.5 Å². The van der Waals surface area contributed by atoms with Gasteiger partial charge in [-0.2, -0.15) is 0 Å². The van der Waals surface area contributed by atoms with Gasteiger partial charge in [-0.15, -0.1) is 5.10 Å². The molecule has 0 aliphatic carbocycles. The van der Waals surface area contributed by atoms with Gasteiger partial charge in [-0.25, -0.2) is 14.9 Å². The third-order valence-corrected chi connectivity index (χ3v) is 4.26. The summed E-state index contributed by atoms with van der Waals surface area (Å²) in [6, 6.07) is 8.40. The van der Waals surface area contributed by atoms with Crippen LogP contribution in [0.2, 0.25) is 0 Å². The number of hydrogen-bond acceptors (Lipinski definition) is 8. The van der Waals surface area contributed by atoms with Gasteiger partial charge in [-0.05, 0) is 12.0 Å². The van der Waals surface area contributed by atoms with Crippen LogP contribution < -0.4 is 16.9 Å². The second kappa shape index (κ2) is 11.0. The third kappa shape index (κ3) is 6.94. The second-order valence-corrected chi connectivity index (χ2v) is 6.71. The number of alkyl halides is 1. The fraction of sp³-hybridized carbons (Fsp3) is 0.368. The summed E-state index contributed by atoms with van der Waals surface area (Å²) in [5.74, 6) is 4.80. The van der Waals surface area contributed by atoms with Crippen LogP contribution in [0.25, 0.3) is 0 Å². The second-order valence-electron chi connectivity index (χ2n) is 6.71. The predicted molar refractivity (Wildman–Crippen MR) is 107 cm³/mol. The van der Waals surface area contributed by atoms with E-state index in [9.17, 15) is 19.1 Å². The number of nitrogens with one attached hydrogen (secondary N) is 1. The summed E-state index contributed by atoms with van der Waals surface area (Å²) in [5, 5.41) is 20.9. The molecule has 0 fully saturated rings. The van der Waals surface area contributed by atoms with Crippen molar-refractivity contribution in [2.75, 3.05) is 13.2 Å². The average molecular weight is 419 g/mol. The van der Waals surface area contributed by atoms with Crippen molar-refractivity contribution >= 4 is 11.7 Å². The molecule has 11 heteroatoms. The van der Waals surface area contributed by atoms with Crippen LogP contribution in [0.15, 0.2) is 48.4 Å². The Balaban J connectivity index is 1.87. The van der Waals surface area contributed by atoms with Crippen molar-refractivity contribution in [2.45, 2.75) is 32.1 Å². The first kappa shape index (κ1) is 23.0. The van der Waals surface area contributed by atoms with Gasteiger partial charge in [0, 0.05) is 19.7 Å². The van der Waals surface area contributed by atoms with E-state index in [0.29, 0.717) is 0 Å². The Bertz CT molecular complexity index is 872. The maximum atomic E-state index is 14.2. The Morgan fingerprint density at radius 3 is 2.70 bits per heavy atom. The zero-order valence-electron chi connectivity index (χ0n) is 16.6. The summed E-state index contributed by atoms with van der Waals surface area (Å²) < 4.78 is 15.4. The van der Waals surface area contributed by atoms with E-state index in [2.05, 4.69) is 15.6 Å². The number of allylic oxidation sites excluding steroid dienone is 1. The average Bonchev–Trinajstić information content (AvgIpc) is 3.19. The molecule has 0 spiro atoms. The SMILES string of the molecule is CC(=O)/C(N)=C/N(N)CCC(F)Cn1cc(C(=O)NC(CO)c2ccccc2)nn1. The fourth-order valence-electron chi connectivity index (χ4n) is 2.56. The number of carbonyl (C=O) groups is 2. The highest BCUT2D eigenvalue weighted by molar-refractivity contribution is 5.92. The quantitative estimate of drug-likeness (QED) is 0.226. The summed E-state index contributed by atoms with van der Waals surface area (Å²) in [6.45, 7) is 1.03. The number of nitrogens with two attached hydrogens (primary N) is 2. The lowest BCUT2D eigenvalue weighted by molar-refractivity contribution is -0.113. The first-order valence-electron chi connectivity index (χ1n) is 9.30. The van der Waals surface area contributed by atoms with Crippen LogP contribution >= 0.6 is 0 Å². The molecule has 2 aromatic rings. The van der Waals surface area contributed by atoms with E-state index in [0.717, 1.165) is 10.6 Å². The number of ketones is 1. The monoisotopic (exact) mass is 419 g/mol. The third-order valence-electron chi connectivity index (χ3n) is 4.26. The number of halogens is 1. The molecule has 2 atom stereocenters. The van der Waals surface area contributed by atoms with E-state index in [1.54, 1.807) is 24.3 Å². The number of hydrazine groups is 1. The zero-order valence-corrected chi connectivity index (χ0v) is 16.6. The van der Waals surface area contributed by atoms with E-state index in [1.807, 2.05) is 6.07 Å². The molecule has 0 aliphatic heterocycles. The molecule has 2 rings (SSSR count). The molecule has 6 N–H and O–H groups in total. The van der Waals surface area contributed by atoms with Crippen molar-refractivity contribution in [3.05, 3.63) is 59.7 Å². The molecule has 10 nitrogen and oxygen atoms in total. The molecule has 2 unspecified atom stereocenters. The topological polar surface area (TPSA) is 152 Å². The molecule has 0 saturated heterocycles. The zero-order chi connectivity index (χ0) is 22.1. The highest BCUT2D eigenvalue weighted by atomic mass is 19.1. The Morgan fingerprint density at radius 1 is 1.37 bits per heavy atom. The maximum Gasteiger partial charge on any atom is 0.274 e. The fourth-order valence-corrected chi connectivity index (χ4v) is 2.56. The van der Waals surface area contributed by atoms with Crippen LogP contribution in [0.5, 0.6) is 0 Å². The van der Waals surface area contributed by atoms with Crippen LogP contribution in [0.3, 0.4) is 0 Å². The van der Waals surface area contributed by atoms with Crippen molar-refractivity contribution in [2.24, 2.45) is 11.6 Å². The molecule has 0 bridgehead atoms. The van der Waals surface area contributed by atoms with Crippen LogP contribution in [0.4, 0.5) is 4.39 Å². The van der Waals surface area contributed by atoms with Gasteiger partial charge in [-0.3, -0.25) is 9.59 Å². The number of aliphatic hydroxyl groups is 1. The number of aromatic nitrogens is 3. The molecular weight excluding hydrogens is 393 g/mol. The Morgan fingerprint density at radius 2 is 2.07 bits per heavy atom. The summed E-state index contributed by atoms with van der Waals surface area (Å²) >= 11 is 0. The largest absolute Gasteiger partial charge is 0.395 e. The van der Waals surface area contributed by atoms with Crippen molar-refractivity contribution in [1.82, 2.24) is 25.3 Å². The van der Waals surface area contributed by atoms with E-state index in [-0.39, 0.29) is 43.3 Å². The smallest absolute Gasteiger partial charge is 0.274 e. The molecule has 162 valence electrons. The normalized spacial score (nSPS) is 13.5. The molecule has 1 aromatic heterocycles. The van der Waals surface area contributed by atoms with Gasteiger partial charge < -0.3 is 21.2 Å². The van der Waals surface area contributed by atoms with Gasteiger partial charge in [0.25, 0.3) is 5.91 Å². The van der Waals surface area contributed by atoms with Crippen molar-refractivity contribution in [3.63, 3.8) is 0 Å².